The molecule has 83 heavy (non-hydrogen) atoms. The van der Waals surface area contributed by atoms with Gasteiger partial charge in [-0.05, 0) is 52.6 Å². The number of hydrogen-bond donors (Lipinski definition) is 19. The van der Waals surface area contributed by atoms with E-state index < -0.39 is 96.2 Å². The first-order chi connectivity index (χ1) is 39.5. The minimum Gasteiger partial charge on any atom is -0.370 e. The molecule has 6 rings (SSSR count). The number of nitrogens with one attached hydrogen (secondary N) is 13. The molecule has 6 unspecified atom stereocenters. The SMILES string of the molecule is N=C(N)NC(NC(=O)C(NC(=N)N)NC(=O)C(NC(=N)N)NC(=O)C(NC(=N)N)NC(=O)C(NC(=O)C(O)N(Cc1ccc(C=Cc2ccccc2)cc1)c1nc(-c2ccc(Cl)cc2)cc(-c2ccc(Cl)cc2)n1)c1ccccc1)C(N)=O. The summed E-state index contributed by atoms with van der Waals surface area (Å²) in [6.45, 7) is -0.196. The Hall–Kier alpha value is -10.8. The van der Waals surface area contributed by atoms with E-state index in [1.165, 1.54) is 29.2 Å². The molecule has 30 heteroatoms. The average Bonchev–Trinajstić information content (AvgIpc) is 3.52. The number of rotatable bonds is 24. The van der Waals surface area contributed by atoms with E-state index in [9.17, 15) is 33.9 Å². The van der Waals surface area contributed by atoms with Crippen LogP contribution < -0.4 is 81.4 Å². The molecule has 28 nitrogen and oxygen atoms in total. The Morgan fingerprint density at radius 2 is 0.867 bits per heavy atom. The van der Waals surface area contributed by atoms with Gasteiger partial charge in [0.05, 0.1) is 11.4 Å². The highest BCUT2D eigenvalue weighted by atomic mass is 35.5. The molecule has 1 aromatic heterocycles. The summed E-state index contributed by atoms with van der Waals surface area (Å²) in [7, 11) is 0. The third-order valence-corrected chi connectivity index (χ3v) is 12.0. The molecular formula is C53H57Cl2N21O7. The molecule has 430 valence electrons. The van der Waals surface area contributed by atoms with Gasteiger partial charge >= 0.3 is 0 Å². The highest BCUT2D eigenvalue weighted by Crippen LogP contribution is 2.30. The summed E-state index contributed by atoms with van der Waals surface area (Å²) < 4.78 is 0. The fourth-order valence-corrected chi connectivity index (χ4v) is 7.81. The Kier molecular flexibility index (Phi) is 21.3. The molecular weight excluding hydrogens is 1110 g/mol. The van der Waals surface area contributed by atoms with Gasteiger partial charge in [-0.3, -0.25) is 50.4 Å². The third kappa shape index (κ3) is 18.4. The summed E-state index contributed by atoms with van der Waals surface area (Å²) in [4.78, 5) is 93.2. The number of anilines is 1. The number of nitrogens with two attached hydrogens (primary N) is 5. The molecule has 0 aliphatic rings. The summed E-state index contributed by atoms with van der Waals surface area (Å²) in [6.07, 6.45) is -6.37. The topological polar surface area (TPSA) is 485 Å². The van der Waals surface area contributed by atoms with Crippen molar-refractivity contribution >= 4 is 101 Å². The van der Waals surface area contributed by atoms with Crippen LogP contribution in [0.2, 0.25) is 10.0 Å². The average molecular weight is 1170 g/mol. The van der Waals surface area contributed by atoms with Crippen LogP contribution in [0.4, 0.5) is 5.95 Å². The number of primary amides is 1. The van der Waals surface area contributed by atoms with Gasteiger partial charge < -0.3 is 86.5 Å². The molecule has 0 fully saturated rings. The standard InChI is InChI=1S/C53H57Cl2N21O7/c54-33-21-17-30(18-22-33)35-25-36(31-19-23-34(55)24-20-31)66-53(65-35)76(26-29-15-13-28(14-16-29)12-11-27-7-3-1-4-8-27)48(83)47(82)67-37(32-9-5-2-6-10-32)43(78)69-40(73-50(59)60)45(80)71-42(75-52(63)64)46(81)70-41(74-51(61)62)44(79)68-39(38(56)77)72-49(57)58/h1-25,37,39-42,48,83H,26H2,(H2,56,77)(H,67,82)(H,68,79)(H,69,78)(H,70,81)(H,71,80)(H4,57,58,72)(H4,59,60,73)(H4,61,62,74)(H4,63,64,75). The molecule has 0 saturated carbocycles. The van der Waals surface area contributed by atoms with E-state index >= 15 is 0 Å². The van der Waals surface area contributed by atoms with Crippen LogP contribution in [0.3, 0.4) is 0 Å². The van der Waals surface area contributed by atoms with Gasteiger partial charge in [0.1, 0.15) is 6.04 Å². The molecule has 0 saturated heterocycles. The lowest BCUT2D eigenvalue weighted by molar-refractivity contribution is -0.136. The molecule has 1 heterocycles. The maximum absolute atomic E-state index is 14.8. The second-order valence-corrected chi connectivity index (χ2v) is 18.6. The molecule has 0 radical (unpaired) electrons. The minimum atomic E-state index is -2.17. The number of carbonyl (C=O) groups is 6. The van der Waals surface area contributed by atoms with Gasteiger partial charge in [0.25, 0.3) is 29.5 Å². The van der Waals surface area contributed by atoms with E-state index in [1.807, 2.05) is 59.9 Å². The summed E-state index contributed by atoms with van der Waals surface area (Å²) in [5, 5.41) is 63.7. The van der Waals surface area contributed by atoms with Crippen LogP contribution in [0.25, 0.3) is 34.7 Å². The lowest BCUT2D eigenvalue weighted by Crippen LogP contribution is -2.68. The fourth-order valence-electron chi connectivity index (χ4n) is 7.56. The van der Waals surface area contributed by atoms with Crippen LogP contribution in [0.5, 0.6) is 0 Å². The molecule has 6 amide bonds. The van der Waals surface area contributed by atoms with Crippen molar-refractivity contribution in [3.05, 3.63) is 172 Å². The minimum absolute atomic E-state index is 0.110. The largest absolute Gasteiger partial charge is 0.370 e. The Bertz CT molecular complexity index is 3320. The first-order valence-electron chi connectivity index (χ1n) is 24.5. The number of nitrogens with zero attached hydrogens (tertiary/aromatic N) is 3. The number of benzene rings is 5. The predicted octanol–water partition coefficient (Wildman–Crippen LogP) is -0.343. The lowest BCUT2D eigenvalue weighted by atomic mass is 10.1. The van der Waals surface area contributed by atoms with Crippen LogP contribution in [-0.2, 0) is 35.3 Å². The van der Waals surface area contributed by atoms with Crippen LogP contribution in [0, 0.1) is 21.6 Å². The van der Waals surface area contributed by atoms with E-state index in [0.717, 1.165) is 11.1 Å². The first kappa shape index (κ1) is 61.4. The van der Waals surface area contributed by atoms with Crippen molar-refractivity contribution in [3.8, 4) is 22.5 Å². The van der Waals surface area contributed by atoms with Gasteiger partial charge in [-0.2, -0.15) is 0 Å². The predicted molar refractivity (Wildman–Crippen MR) is 311 cm³/mol. The third-order valence-electron chi connectivity index (χ3n) is 11.5. The number of hydrogen-bond acceptors (Lipinski definition) is 14. The van der Waals surface area contributed by atoms with Gasteiger partial charge in [-0.25, -0.2) is 9.97 Å². The molecule has 5 aromatic carbocycles. The Morgan fingerprint density at radius 3 is 1.29 bits per heavy atom. The smallest absolute Gasteiger partial charge is 0.271 e. The van der Waals surface area contributed by atoms with Crippen molar-refractivity contribution in [2.24, 2.45) is 28.7 Å². The number of aliphatic hydroxyl groups is 1. The van der Waals surface area contributed by atoms with Crippen molar-refractivity contribution in [1.29, 1.82) is 21.6 Å². The van der Waals surface area contributed by atoms with E-state index in [1.54, 1.807) is 72.8 Å². The lowest BCUT2D eigenvalue weighted by Gasteiger charge is -2.30. The maximum atomic E-state index is 14.8. The van der Waals surface area contributed by atoms with Crippen molar-refractivity contribution in [2.75, 3.05) is 4.90 Å². The summed E-state index contributed by atoms with van der Waals surface area (Å²) >= 11 is 12.5. The van der Waals surface area contributed by atoms with Crippen LogP contribution in [0.1, 0.15) is 28.3 Å². The molecule has 24 N–H and O–H groups in total. The van der Waals surface area contributed by atoms with Crippen LogP contribution in [0.15, 0.2) is 140 Å². The Labute approximate surface area is 483 Å². The molecule has 0 aliphatic carbocycles. The summed E-state index contributed by atoms with van der Waals surface area (Å²) in [5.74, 6) is -11.3. The Balaban J connectivity index is 1.32. The van der Waals surface area contributed by atoms with Crippen molar-refractivity contribution in [2.45, 2.75) is 43.5 Å². The molecule has 6 aromatic rings. The monoisotopic (exact) mass is 1170 g/mol. The number of aliphatic hydroxyl groups excluding tert-OH is 1. The van der Waals surface area contributed by atoms with Crippen LogP contribution in [-0.4, -0.2) is 105 Å². The quantitative estimate of drug-likeness (QED) is 0.0159. The number of halogens is 2. The van der Waals surface area contributed by atoms with Gasteiger partial charge in [0.15, 0.2) is 48.5 Å². The van der Waals surface area contributed by atoms with E-state index in [2.05, 4.69) is 42.5 Å². The molecule has 0 aliphatic heterocycles. The highest BCUT2D eigenvalue weighted by molar-refractivity contribution is 6.31. The number of amides is 6. The first-order valence-corrected chi connectivity index (χ1v) is 25.2. The van der Waals surface area contributed by atoms with Gasteiger partial charge in [-0.15, -0.1) is 0 Å². The van der Waals surface area contributed by atoms with Crippen molar-refractivity contribution < 1.29 is 33.9 Å². The van der Waals surface area contributed by atoms with Crippen molar-refractivity contribution in [3.63, 3.8) is 0 Å². The number of aromatic nitrogens is 2. The maximum Gasteiger partial charge on any atom is 0.271 e. The zero-order chi connectivity index (χ0) is 60.3. The second kappa shape index (κ2) is 28.9. The summed E-state index contributed by atoms with van der Waals surface area (Å²) in [6, 6.07) is 38.0. The zero-order valence-corrected chi connectivity index (χ0v) is 45.0. The molecule has 0 bridgehead atoms. The zero-order valence-electron chi connectivity index (χ0n) is 43.5. The number of guanidine groups is 4. The normalized spacial score (nSPS) is 13.0. The van der Waals surface area contributed by atoms with Crippen LogP contribution >= 0.6 is 23.2 Å². The van der Waals surface area contributed by atoms with E-state index in [-0.39, 0.29) is 18.1 Å². The summed E-state index contributed by atoms with van der Waals surface area (Å²) in [5.41, 5.74) is 31.6. The molecule has 6 atom stereocenters. The van der Waals surface area contributed by atoms with Gasteiger partial charge in [-0.1, -0.05) is 145 Å². The van der Waals surface area contributed by atoms with Crippen molar-refractivity contribution in [1.82, 2.24) is 57.8 Å². The van der Waals surface area contributed by atoms with Gasteiger partial charge in [0, 0.05) is 27.7 Å². The fraction of sp³-hybridized carbons (Fsp3) is 0.132. The van der Waals surface area contributed by atoms with E-state index in [0.29, 0.717) is 38.1 Å². The second-order valence-electron chi connectivity index (χ2n) is 17.7. The highest BCUT2D eigenvalue weighted by Gasteiger charge is 2.36. The number of carbonyl (C=O) groups excluding carboxylic acids is 6. The Morgan fingerprint density at radius 1 is 0.482 bits per heavy atom. The van der Waals surface area contributed by atoms with E-state index in [4.69, 9.17) is 83.5 Å². The molecule has 0 spiro atoms. The van der Waals surface area contributed by atoms with Gasteiger partial charge in [0.2, 0.25) is 18.1 Å².